The van der Waals surface area contributed by atoms with E-state index in [2.05, 4.69) is 10.3 Å². The van der Waals surface area contributed by atoms with Crippen LogP contribution in [-0.2, 0) is 4.79 Å². The van der Waals surface area contributed by atoms with E-state index in [-0.39, 0.29) is 10.7 Å². The number of rotatable bonds is 3. The first-order valence-corrected chi connectivity index (χ1v) is 9.55. The summed E-state index contributed by atoms with van der Waals surface area (Å²) in [5.74, 6) is -0.431. The Labute approximate surface area is 156 Å². The molecule has 0 bridgehead atoms. The normalized spacial score (nSPS) is 15.8. The maximum absolute atomic E-state index is 14.5. The van der Waals surface area contributed by atoms with E-state index in [4.69, 9.17) is 4.42 Å². The van der Waals surface area contributed by atoms with Gasteiger partial charge in [0.1, 0.15) is 17.2 Å². The highest BCUT2D eigenvalue weighted by Crippen LogP contribution is 2.34. The van der Waals surface area contributed by atoms with E-state index in [1.54, 1.807) is 24.5 Å². The number of aromatic nitrogens is 1. The second kappa shape index (κ2) is 6.62. The number of carbonyl (C=O) groups is 2. The number of imide groups is 1. The van der Waals surface area contributed by atoms with Crippen molar-refractivity contribution < 1.29 is 18.4 Å². The number of nitrogens with zero attached hydrogens (tertiary/aromatic N) is 1. The van der Waals surface area contributed by atoms with E-state index >= 15 is 0 Å². The van der Waals surface area contributed by atoms with Gasteiger partial charge < -0.3 is 4.42 Å². The maximum atomic E-state index is 14.5. The van der Waals surface area contributed by atoms with E-state index in [0.29, 0.717) is 27.9 Å². The first-order chi connectivity index (χ1) is 12.5. The number of hydrogen-bond acceptors (Lipinski definition) is 6. The molecule has 3 aromatic rings. The van der Waals surface area contributed by atoms with Gasteiger partial charge in [0.2, 0.25) is 0 Å². The van der Waals surface area contributed by atoms with Gasteiger partial charge in [0.25, 0.3) is 11.1 Å². The standard InChI is InChI=1S/C18H11FN2O3S2/c1-25-11-2-3-12(14(19)6-11)13-8-20-7-9-4-10(24-16(9)13)5-15-17(22)21-18(23)26-15/h2-8H,1H3,(H,21,22,23). The van der Waals surface area contributed by atoms with Gasteiger partial charge in [-0.25, -0.2) is 4.39 Å². The lowest BCUT2D eigenvalue weighted by molar-refractivity contribution is -0.115. The molecule has 0 aliphatic carbocycles. The van der Waals surface area contributed by atoms with Gasteiger partial charge in [0.05, 0.1) is 4.91 Å². The van der Waals surface area contributed by atoms with Gasteiger partial charge in [-0.1, -0.05) is 6.07 Å². The van der Waals surface area contributed by atoms with Crippen LogP contribution < -0.4 is 5.32 Å². The minimum atomic E-state index is -0.461. The first-order valence-electron chi connectivity index (χ1n) is 7.51. The number of nitrogens with one attached hydrogen (secondary N) is 1. The summed E-state index contributed by atoms with van der Waals surface area (Å²) in [5, 5.41) is 2.45. The average Bonchev–Trinajstić information content (AvgIpc) is 3.17. The van der Waals surface area contributed by atoms with Crippen LogP contribution in [0.3, 0.4) is 0 Å². The van der Waals surface area contributed by atoms with Crippen LogP contribution in [-0.4, -0.2) is 22.4 Å². The van der Waals surface area contributed by atoms with E-state index < -0.39 is 11.1 Å². The third kappa shape index (κ3) is 3.02. The van der Waals surface area contributed by atoms with Crippen LogP contribution in [0.2, 0.25) is 0 Å². The molecule has 26 heavy (non-hydrogen) atoms. The molecule has 1 aliphatic heterocycles. The zero-order valence-electron chi connectivity index (χ0n) is 13.4. The summed E-state index contributed by atoms with van der Waals surface area (Å²) in [5.41, 5.74) is 1.38. The van der Waals surface area contributed by atoms with Crippen LogP contribution in [0.5, 0.6) is 0 Å². The summed E-state index contributed by atoms with van der Waals surface area (Å²) in [6.45, 7) is 0. The topological polar surface area (TPSA) is 72.2 Å². The van der Waals surface area contributed by atoms with Crippen molar-refractivity contribution in [3.05, 3.63) is 53.1 Å². The van der Waals surface area contributed by atoms with Gasteiger partial charge in [0, 0.05) is 39.9 Å². The number of furan rings is 1. The van der Waals surface area contributed by atoms with Crippen LogP contribution in [0, 0.1) is 5.82 Å². The number of hydrogen-bond donors (Lipinski definition) is 1. The van der Waals surface area contributed by atoms with Gasteiger partial charge in [-0.15, -0.1) is 11.8 Å². The average molecular weight is 386 g/mol. The third-order valence-corrected chi connectivity index (χ3v) is 5.36. The van der Waals surface area contributed by atoms with Crippen molar-refractivity contribution in [3.8, 4) is 11.1 Å². The van der Waals surface area contributed by atoms with E-state index in [1.165, 1.54) is 23.9 Å². The Morgan fingerprint density at radius 3 is 2.77 bits per heavy atom. The highest BCUT2D eigenvalue weighted by atomic mass is 32.2. The zero-order valence-corrected chi connectivity index (χ0v) is 15.0. The van der Waals surface area contributed by atoms with Crippen LogP contribution in [0.4, 0.5) is 9.18 Å². The predicted molar refractivity (Wildman–Crippen MR) is 100 cm³/mol. The molecule has 130 valence electrons. The minimum absolute atomic E-state index is 0.249. The molecule has 1 aliphatic rings. The summed E-state index contributed by atoms with van der Waals surface area (Å²) in [4.78, 5) is 28.2. The van der Waals surface area contributed by atoms with Crippen molar-refractivity contribution in [3.63, 3.8) is 0 Å². The molecule has 1 fully saturated rings. The fourth-order valence-corrected chi connectivity index (χ4v) is 3.72. The van der Waals surface area contributed by atoms with Gasteiger partial charge in [-0.05, 0) is 36.2 Å². The number of halogens is 1. The van der Waals surface area contributed by atoms with E-state index in [0.717, 1.165) is 16.7 Å². The number of benzene rings is 1. The summed E-state index contributed by atoms with van der Waals surface area (Å²) in [6, 6.07) is 6.69. The molecule has 1 N–H and O–H groups in total. The lowest BCUT2D eigenvalue weighted by Gasteiger charge is -2.05. The number of amides is 2. The van der Waals surface area contributed by atoms with Crippen molar-refractivity contribution >= 4 is 51.7 Å². The Bertz CT molecular complexity index is 1090. The second-order valence-corrected chi connectivity index (χ2v) is 7.35. The fraction of sp³-hybridized carbons (Fsp3) is 0.0556. The SMILES string of the molecule is CSc1ccc(-c2cncc3cc(C=C4SC(=O)NC4=O)oc23)c(F)c1. The van der Waals surface area contributed by atoms with Gasteiger partial charge in [0.15, 0.2) is 0 Å². The monoisotopic (exact) mass is 386 g/mol. The number of thioether (sulfide) groups is 2. The zero-order chi connectivity index (χ0) is 18.3. The maximum Gasteiger partial charge on any atom is 0.290 e. The minimum Gasteiger partial charge on any atom is -0.456 e. The van der Waals surface area contributed by atoms with Gasteiger partial charge in [-0.3, -0.25) is 19.9 Å². The summed E-state index contributed by atoms with van der Waals surface area (Å²) in [7, 11) is 0. The highest BCUT2D eigenvalue weighted by molar-refractivity contribution is 8.18. The van der Waals surface area contributed by atoms with Crippen LogP contribution in [0.15, 0.2) is 50.9 Å². The van der Waals surface area contributed by atoms with Gasteiger partial charge in [-0.2, -0.15) is 0 Å². The summed E-state index contributed by atoms with van der Waals surface area (Å²) in [6.07, 6.45) is 6.51. The molecule has 0 radical (unpaired) electrons. The number of fused-ring (bicyclic) bond motifs is 1. The molecule has 3 heterocycles. The van der Waals surface area contributed by atoms with E-state index in [1.807, 2.05) is 12.3 Å². The molecular weight excluding hydrogens is 375 g/mol. The Morgan fingerprint density at radius 2 is 2.08 bits per heavy atom. The molecule has 2 aromatic heterocycles. The Morgan fingerprint density at radius 1 is 1.23 bits per heavy atom. The Kier molecular flexibility index (Phi) is 4.29. The second-order valence-electron chi connectivity index (χ2n) is 5.45. The van der Waals surface area contributed by atoms with Crippen LogP contribution in [0.1, 0.15) is 5.76 Å². The summed E-state index contributed by atoms with van der Waals surface area (Å²) >= 11 is 2.27. The smallest absolute Gasteiger partial charge is 0.290 e. The van der Waals surface area contributed by atoms with Crippen LogP contribution >= 0.6 is 23.5 Å². The molecule has 1 saturated heterocycles. The molecule has 0 spiro atoms. The molecule has 1 aromatic carbocycles. The van der Waals surface area contributed by atoms with Crippen LogP contribution in [0.25, 0.3) is 28.2 Å². The molecule has 4 rings (SSSR count). The number of carbonyl (C=O) groups excluding carboxylic acids is 2. The van der Waals surface area contributed by atoms with E-state index in [9.17, 15) is 14.0 Å². The molecule has 0 unspecified atom stereocenters. The number of pyridine rings is 1. The van der Waals surface area contributed by atoms with Crippen molar-refractivity contribution in [2.45, 2.75) is 4.90 Å². The fourth-order valence-electron chi connectivity index (χ4n) is 2.64. The largest absolute Gasteiger partial charge is 0.456 e. The van der Waals surface area contributed by atoms with Crippen molar-refractivity contribution in [2.24, 2.45) is 0 Å². The lowest BCUT2D eigenvalue weighted by atomic mass is 10.1. The third-order valence-electron chi connectivity index (χ3n) is 3.82. The molecular formula is C18H11FN2O3S2. The summed E-state index contributed by atoms with van der Waals surface area (Å²) < 4.78 is 20.3. The quantitative estimate of drug-likeness (QED) is 0.521. The van der Waals surface area contributed by atoms with Crippen molar-refractivity contribution in [1.29, 1.82) is 0 Å². The highest BCUT2D eigenvalue weighted by Gasteiger charge is 2.25. The van der Waals surface area contributed by atoms with Crippen molar-refractivity contribution in [1.82, 2.24) is 10.3 Å². The predicted octanol–water partition coefficient (Wildman–Crippen LogP) is 4.68. The Balaban J connectivity index is 1.81. The Hall–Kier alpha value is -2.58. The first kappa shape index (κ1) is 16.9. The molecule has 0 saturated carbocycles. The van der Waals surface area contributed by atoms with Gasteiger partial charge >= 0.3 is 0 Å². The van der Waals surface area contributed by atoms with Crippen molar-refractivity contribution in [2.75, 3.05) is 6.26 Å². The molecule has 5 nitrogen and oxygen atoms in total. The molecule has 8 heteroatoms. The lowest BCUT2D eigenvalue weighted by Crippen LogP contribution is -2.17. The molecule has 0 atom stereocenters. The molecule has 2 amide bonds.